The highest BCUT2D eigenvalue weighted by Crippen LogP contribution is 2.14. The van der Waals surface area contributed by atoms with Gasteiger partial charge in [-0.2, -0.15) is 0 Å². The van der Waals surface area contributed by atoms with Gasteiger partial charge in [0.25, 0.3) is 0 Å². The highest BCUT2D eigenvalue weighted by Gasteiger charge is 2.25. The fourth-order valence-electron chi connectivity index (χ4n) is 6.28. The molecule has 0 spiro atoms. The van der Waals surface area contributed by atoms with Gasteiger partial charge in [0.05, 0.1) is 40.3 Å². The fraction of sp³-hybridized carbons (Fsp3) is 0.804. The van der Waals surface area contributed by atoms with Crippen LogP contribution in [0.5, 0.6) is 0 Å². The standard InChI is InChI=1S/C46H83NO7/c1-6-8-10-12-14-16-18-19-20-21-22-23-24-25-27-28-30-32-34-36-44(48)53-41-42(40-52-39-38-43(46(50)51)47(3,4)5)54-45(49)37-35-33-31-29-26-17-15-13-11-9-7-2/h13,15,17,21-22,26,42-43H,6-12,14,16,18-20,23-25,27-41H2,1-5H3/b15-13+,22-21+,26-17+. The Kier molecular flexibility index (Phi) is 35.8. The lowest BCUT2D eigenvalue weighted by atomic mass is 10.1. The van der Waals surface area contributed by atoms with E-state index in [4.69, 9.17) is 14.2 Å². The summed E-state index contributed by atoms with van der Waals surface area (Å²) in [7, 11) is 5.39. The molecule has 8 nitrogen and oxygen atoms in total. The van der Waals surface area contributed by atoms with Crippen LogP contribution in [0.4, 0.5) is 0 Å². The molecule has 0 saturated heterocycles. The molecule has 0 amide bonds. The molecule has 54 heavy (non-hydrogen) atoms. The number of hydrogen-bond donors (Lipinski definition) is 0. The maximum Gasteiger partial charge on any atom is 0.306 e. The second kappa shape index (κ2) is 37.5. The molecule has 0 rings (SSSR count). The number of hydrogen-bond acceptors (Lipinski definition) is 7. The first-order valence-corrected chi connectivity index (χ1v) is 22.0. The Labute approximate surface area is 332 Å². The van der Waals surface area contributed by atoms with Crippen molar-refractivity contribution in [3.05, 3.63) is 36.5 Å². The monoisotopic (exact) mass is 762 g/mol. The van der Waals surface area contributed by atoms with E-state index in [9.17, 15) is 19.5 Å². The second-order valence-corrected chi connectivity index (χ2v) is 16.0. The summed E-state index contributed by atoms with van der Waals surface area (Å²) in [6, 6.07) is -0.730. The van der Waals surface area contributed by atoms with Gasteiger partial charge in [-0.25, -0.2) is 0 Å². The van der Waals surface area contributed by atoms with Gasteiger partial charge in [0, 0.05) is 19.3 Å². The lowest BCUT2D eigenvalue weighted by Gasteiger charge is -2.34. The normalized spacial score (nSPS) is 13.3. The summed E-state index contributed by atoms with van der Waals surface area (Å²) in [4.78, 5) is 36.8. The molecule has 2 unspecified atom stereocenters. The van der Waals surface area contributed by atoms with E-state index in [2.05, 4.69) is 50.3 Å². The quantitative estimate of drug-likeness (QED) is 0.0202. The van der Waals surface area contributed by atoms with Crippen molar-refractivity contribution < 1.29 is 38.2 Å². The average molecular weight is 762 g/mol. The van der Waals surface area contributed by atoms with E-state index in [1.807, 2.05) is 0 Å². The van der Waals surface area contributed by atoms with Crippen LogP contribution in [0.15, 0.2) is 36.5 Å². The average Bonchev–Trinajstić information content (AvgIpc) is 3.12. The maximum atomic E-state index is 12.6. The Morgan fingerprint density at radius 1 is 0.556 bits per heavy atom. The molecule has 0 bridgehead atoms. The zero-order valence-corrected chi connectivity index (χ0v) is 35.6. The Hall–Kier alpha value is -2.45. The summed E-state index contributed by atoms with van der Waals surface area (Å²) in [5, 5.41) is 11.6. The third kappa shape index (κ3) is 35.3. The first-order valence-electron chi connectivity index (χ1n) is 22.0. The smallest absolute Gasteiger partial charge is 0.306 e. The molecule has 0 fully saturated rings. The van der Waals surface area contributed by atoms with Crippen molar-refractivity contribution >= 4 is 17.9 Å². The van der Waals surface area contributed by atoms with Gasteiger partial charge < -0.3 is 28.6 Å². The fourth-order valence-corrected chi connectivity index (χ4v) is 6.28. The zero-order chi connectivity index (χ0) is 40.0. The van der Waals surface area contributed by atoms with E-state index in [1.165, 1.54) is 103 Å². The van der Waals surface area contributed by atoms with Gasteiger partial charge in [-0.1, -0.05) is 147 Å². The minimum Gasteiger partial charge on any atom is -0.544 e. The SMILES string of the molecule is CCCC/C=C/C=C/CCCCCC(=O)OC(COCCC(C(=O)[O-])[N+](C)(C)C)COC(=O)CCCCCCCCC/C=C/CCCCCCCCCC. The summed E-state index contributed by atoms with van der Waals surface area (Å²) >= 11 is 0. The highest BCUT2D eigenvalue weighted by molar-refractivity contribution is 5.70. The van der Waals surface area contributed by atoms with E-state index in [-0.39, 0.29) is 49.1 Å². The molecular weight excluding hydrogens is 679 g/mol. The number of quaternary nitrogens is 1. The van der Waals surface area contributed by atoms with Gasteiger partial charge >= 0.3 is 11.9 Å². The van der Waals surface area contributed by atoms with Crippen molar-refractivity contribution in [3.8, 4) is 0 Å². The number of carboxylic acid groups (broad SMARTS) is 1. The summed E-state index contributed by atoms with van der Waals surface area (Å²) in [6.45, 7) is 4.57. The zero-order valence-electron chi connectivity index (χ0n) is 35.6. The number of carbonyl (C=O) groups is 3. The highest BCUT2D eigenvalue weighted by atomic mass is 16.6. The Bertz CT molecular complexity index is 984. The number of rotatable bonds is 39. The lowest BCUT2D eigenvalue weighted by molar-refractivity contribution is -0.889. The van der Waals surface area contributed by atoms with Crippen molar-refractivity contribution in [1.29, 1.82) is 0 Å². The van der Waals surface area contributed by atoms with Gasteiger partial charge in [0.2, 0.25) is 0 Å². The van der Waals surface area contributed by atoms with Crippen LogP contribution in [0.25, 0.3) is 0 Å². The molecule has 8 heteroatoms. The molecule has 0 aromatic heterocycles. The molecule has 0 aromatic rings. The topological polar surface area (TPSA) is 102 Å². The minimum atomic E-state index is -1.13. The molecular formula is C46H83NO7. The van der Waals surface area contributed by atoms with Crippen LogP contribution in [-0.2, 0) is 28.6 Å². The molecule has 0 aliphatic rings. The molecule has 314 valence electrons. The number of allylic oxidation sites excluding steroid dienone is 6. The van der Waals surface area contributed by atoms with Gasteiger partial charge in [-0.15, -0.1) is 0 Å². The molecule has 0 aliphatic heterocycles. The van der Waals surface area contributed by atoms with Crippen molar-refractivity contribution in [2.75, 3.05) is 41.0 Å². The number of carbonyl (C=O) groups excluding carboxylic acids is 3. The third-order valence-electron chi connectivity index (χ3n) is 9.78. The van der Waals surface area contributed by atoms with Crippen LogP contribution in [0.2, 0.25) is 0 Å². The van der Waals surface area contributed by atoms with Crippen LogP contribution in [0.1, 0.15) is 187 Å². The molecule has 0 aromatic carbocycles. The lowest BCUT2D eigenvalue weighted by Crippen LogP contribution is -2.55. The Balaban J connectivity index is 4.30. The molecule has 0 radical (unpaired) electrons. The predicted octanol–water partition coefficient (Wildman–Crippen LogP) is 10.5. The van der Waals surface area contributed by atoms with E-state index in [1.54, 1.807) is 21.1 Å². The van der Waals surface area contributed by atoms with Crippen molar-refractivity contribution in [2.24, 2.45) is 0 Å². The van der Waals surface area contributed by atoms with E-state index >= 15 is 0 Å². The largest absolute Gasteiger partial charge is 0.544 e. The minimum absolute atomic E-state index is 0.0293. The van der Waals surface area contributed by atoms with Gasteiger partial charge in [0.1, 0.15) is 12.6 Å². The summed E-state index contributed by atoms with van der Waals surface area (Å²) in [5.41, 5.74) is 0. The van der Waals surface area contributed by atoms with Crippen molar-refractivity contribution in [2.45, 2.75) is 199 Å². The Morgan fingerprint density at radius 2 is 1.00 bits per heavy atom. The van der Waals surface area contributed by atoms with Crippen LogP contribution in [0, 0.1) is 0 Å². The first kappa shape index (κ1) is 51.5. The van der Waals surface area contributed by atoms with E-state index in [0.717, 1.165) is 51.4 Å². The van der Waals surface area contributed by atoms with E-state index in [0.29, 0.717) is 6.42 Å². The van der Waals surface area contributed by atoms with E-state index < -0.39 is 18.1 Å². The predicted molar refractivity (Wildman–Crippen MR) is 222 cm³/mol. The summed E-state index contributed by atoms with van der Waals surface area (Å²) in [5.74, 6) is -1.78. The number of nitrogens with zero attached hydrogens (tertiary/aromatic N) is 1. The molecule has 0 aliphatic carbocycles. The molecule has 0 N–H and O–H groups in total. The number of carboxylic acids is 1. The van der Waals surface area contributed by atoms with Crippen LogP contribution >= 0.6 is 0 Å². The summed E-state index contributed by atoms with van der Waals surface area (Å²) in [6.07, 6.45) is 41.7. The van der Waals surface area contributed by atoms with Crippen molar-refractivity contribution in [1.82, 2.24) is 0 Å². The molecule has 0 saturated carbocycles. The number of unbranched alkanes of at least 4 members (excludes halogenated alkanes) is 20. The van der Waals surface area contributed by atoms with Crippen LogP contribution in [-0.4, -0.2) is 75.5 Å². The number of esters is 2. The molecule has 0 heterocycles. The van der Waals surface area contributed by atoms with Gasteiger partial charge in [-0.05, 0) is 57.8 Å². The number of aliphatic carboxylic acids is 1. The third-order valence-corrected chi connectivity index (χ3v) is 9.78. The van der Waals surface area contributed by atoms with Crippen molar-refractivity contribution in [3.63, 3.8) is 0 Å². The van der Waals surface area contributed by atoms with Gasteiger partial charge in [0.15, 0.2) is 6.10 Å². The van der Waals surface area contributed by atoms with Gasteiger partial charge in [-0.3, -0.25) is 9.59 Å². The Morgan fingerprint density at radius 3 is 1.52 bits per heavy atom. The van der Waals surface area contributed by atoms with Crippen LogP contribution < -0.4 is 5.11 Å². The second-order valence-electron chi connectivity index (χ2n) is 16.0. The molecule has 2 atom stereocenters. The number of ether oxygens (including phenoxy) is 3. The first-order chi connectivity index (χ1) is 26.1. The number of likely N-dealkylation sites (N-methyl/N-ethyl adjacent to an activating group) is 1. The van der Waals surface area contributed by atoms with Crippen LogP contribution in [0.3, 0.4) is 0 Å². The summed E-state index contributed by atoms with van der Waals surface area (Å²) < 4.78 is 17.1. The maximum absolute atomic E-state index is 12.6.